The predicted molar refractivity (Wildman–Crippen MR) is 125 cm³/mol. The minimum Gasteiger partial charge on any atom is -0.338 e. The quantitative estimate of drug-likeness (QED) is 0.470. The third kappa shape index (κ3) is 3.20. The van der Waals surface area contributed by atoms with Crippen molar-refractivity contribution in [2.75, 3.05) is 5.32 Å². The van der Waals surface area contributed by atoms with Gasteiger partial charge in [-0.15, -0.1) is 0 Å². The first-order valence-electron chi connectivity index (χ1n) is 11.2. The van der Waals surface area contributed by atoms with Crippen molar-refractivity contribution in [2.24, 2.45) is 17.8 Å². The number of anilines is 1. The second kappa shape index (κ2) is 6.98. The molecule has 1 heterocycles. The Kier molecular flexibility index (Phi) is 4.35. The molecule has 4 heteroatoms. The van der Waals surface area contributed by atoms with Crippen molar-refractivity contribution in [3.8, 4) is 0 Å². The Morgan fingerprint density at radius 1 is 0.967 bits per heavy atom. The van der Waals surface area contributed by atoms with Crippen LogP contribution in [0.2, 0.25) is 0 Å². The number of benzene rings is 2. The van der Waals surface area contributed by atoms with Crippen LogP contribution in [0.5, 0.6) is 0 Å². The summed E-state index contributed by atoms with van der Waals surface area (Å²) in [6.45, 7) is 0.321. The first-order chi connectivity index (χ1) is 14.6. The van der Waals surface area contributed by atoms with Gasteiger partial charge in [-0.25, -0.2) is 0 Å². The van der Waals surface area contributed by atoms with Crippen LogP contribution in [0.25, 0.3) is 10.9 Å². The monoisotopic (exact) mass is 462 g/mol. The van der Waals surface area contributed by atoms with E-state index in [0.717, 1.165) is 38.8 Å². The van der Waals surface area contributed by atoms with E-state index in [1.54, 1.807) is 0 Å². The lowest BCUT2D eigenvalue weighted by Crippen LogP contribution is -2.48. The molecule has 2 aromatic carbocycles. The normalized spacial score (nSPS) is 29.4. The van der Waals surface area contributed by atoms with Crippen LogP contribution in [0, 0.1) is 17.8 Å². The lowest BCUT2D eigenvalue weighted by molar-refractivity contribution is -0.116. The summed E-state index contributed by atoms with van der Waals surface area (Å²) < 4.78 is 3.05. The summed E-state index contributed by atoms with van der Waals surface area (Å²) >= 11 is 3.50. The number of aromatic nitrogens is 1. The van der Waals surface area contributed by atoms with Gasteiger partial charge in [0, 0.05) is 27.3 Å². The van der Waals surface area contributed by atoms with Crippen molar-refractivity contribution in [1.82, 2.24) is 4.57 Å². The maximum Gasteiger partial charge on any atom is 0.244 e. The molecule has 4 aliphatic carbocycles. The zero-order valence-corrected chi connectivity index (χ0v) is 18.7. The van der Waals surface area contributed by atoms with Crippen molar-refractivity contribution in [3.63, 3.8) is 0 Å². The summed E-state index contributed by atoms with van der Waals surface area (Å²) in [5, 5.41) is 4.22. The summed E-state index contributed by atoms with van der Waals surface area (Å²) in [5.41, 5.74) is 3.88. The first kappa shape index (κ1) is 18.7. The largest absolute Gasteiger partial charge is 0.338 e. The van der Waals surface area contributed by atoms with Gasteiger partial charge in [-0.1, -0.05) is 28.1 Å². The SMILES string of the molecule is O=C(Cn1ccc2cc(Br)ccc21)Nc1ccc(C23CC4CC(CC(C4)C2)C3)cc1. The smallest absolute Gasteiger partial charge is 0.244 e. The van der Waals surface area contributed by atoms with E-state index in [-0.39, 0.29) is 5.91 Å². The van der Waals surface area contributed by atoms with Crippen molar-refractivity contribution >= 4 is 38.4 Å². The van der Waals surface area contributed by atoms with Gasteiger partial charge in [-0.2, -0.15) is 0 Å². The molecule has 3 aromatic rings. The molecule has 3 nitrogen and oxygen atoms in total. The van der Waals surface area contributed by atoms with Gasteiger partial charge in [-0.3, -0.25) is 4.79 Å². The number of fused-ring (bicyclic) bond motifs is 1. The summed E-state index contributed by atoms with van der Waals surface area (Å²) in [6.07, 6.45) is 10.5. The van der Waals surface area contributed by atoms with E-state index in [1.165, 1.54) is 44.1 Å². The van der Waals surface area contributed by atoms with E-state index in [4.69, 9.17) is 0 Å². The van der Waals surface area contributed by atoms with Gasteiger partial charge in [0.25, 0.3) is 0 Å². The molecular formula is C26H27BrN2O. The van der Waals surface area contributed by atoms with E-state index in [1.807, 2.05) is 29.0 Å². The molecular weight excluding hydrogens is 436 g/mol. The molecule has 0 unspecified atom stereocenters. The zero-order valence-electron chi connectivity index (χ0n) is 17.1. The molecule has 0 saturated heterocycles. The number of carbonyl (C=O) groups excluding carboxylic acids is 1. The average Bonchev–Trinajstić information content (AvgIpc) is 3.09. The molecule has 0 spiro atoms. The molecule has 4 fully saturated rings. The van der Waals surface area contributed by atoms with Crippen LogP contribution in [0.4, 0.5) is 5.69 Å². The molecule has 0 aliphatic heterocycles. The number of halogens is 1. The number of carbonyl (C=O) groups is 1. The molecule has 7 rings (SSSR count). The summed E-state index contributed by atoms with van der Waals surface area (Å²) in [7, 11) is 0. The van der Waals surface area contributed by atoms with Gasteiger partial charge in [0.1, 0.15) is 6.54 Å². The minimum absolute atomic E-state index is 0.0120. The molecule has 4 bridgehead atoms. The van der Waals surface area contributed by atoms with Crippen LogP contribution in [0.1, 0.15) is 44.1 Å². The van der Waals surface area contributed by atoms with Crippen LogP contribution >= 0.6 is 15.9 Å². The molecule has 1 amide bonds. The van der Waals surface area contributed by atoms with Crippen molar-refractivity contribution in [1.29, 1.82) is 0 Å². The molecule has 154 valence electrons. The number of rotatable bonds is 4. The van der Waals surface area contributed by atoms with Gasteiger partial charge in [-0.05, 0) is 104 Å². The van der Waals surface area contributed by atoms with Crippen LogP contribution < -0.4 is 5.32 Å². The second-order valence-corrected chi connectivity index (χ2v) is 10.9. The third-order valence-corrected chi connectivity index (χ3v) is 8.36. The zero-order chi connectivity index (χ0) is 20.3. The number of amides is 1. The molecule has 0 atom stereocenters. The lowest BCUT2D eigenvalue weighted by Gasteiger charge is -2.57. The molecule has 4 aliphatic rings. The third-order valence-electron chi connectivity index (χ3n) is 7.87. The Labute approximate surface area is 186 Å². The highest BCUT2D eigenvalue weighted by Crippen LogP contribution is 2.60. The standard InChI is InChI=1S/C26H27BrN2O/c27-22-3-6-24-20(12-22)7-8-29(24)16-25(30)28-23-4-1-21(2-5-23)26-13-17-9-18(14-26)11-19(10-17)15-26/h1-8,12,17-19H,9-11,13-16H2,(H,28,30). The highest BCUT2D eigenvalue weighted by molar-refractivity contribution is 9.10. The lowest BCUT2D eigenvalue weighted by atomic mass is 9.48. The van der Waals surface area contributed by atoms with E-state index in [2.05, 4.69) is 51.6 Å². The van der Waals surface area contributed by atoms with Crippen LogP contribution in [-0.2, 0) is 16.8 Å². The molecule has 1 N–H and O–H groups in total. The fourth-order valence-electron chi connectivity index (χ4n) is 7.04. The molecule has 1 aromatic heterocycles. The van der Waals surface area contributed by atoms with E-state index in [9.17, 15) is 4.79 Å². The number of nitrogens with one attached hydrogen (secondary N) is 1. The van der Waals surface area contributed by atoms with Crippen LogP contribution in [-0.4, -0.2) is 10.5 Å². The van der Waals surface area contributed by atoms with Crippen molar-refractivity contribution in [2.45, 2.75) is 50.5 Å². The van der Waals surface area contributed by atoms with E-state index >= 15 is 0 Å². The minimum atomic E-state index is 0.0120. The van der Waals surface area contributed by atoms with E-state index < -0.39 is 0 Å². The number of hydrogen-bond acceptors (Lipinski definition) is 1. The fourth-order valence-corrected chi connectivity index (χ4v) is 7.41. The summed E-state index contributed by atoms with van der Waals surface area (Å²) in [6, 6.07) is 17.0. The first-order valence-corrected chi connectivity index (χ1v) is 12.0. The number of hydrogen-bond donors (Lipinski definition) is 1. The van der Waals surface area contributed by atoms with Crippen LogP contribution in [0.15, 0.2) is 59.2 Å². The molecule has 0 radical (unpaired) electrons. The second-order valence-electron chi connectivity index (χ2n) is 9.97. The van der Waals surface area contributed by atoms with E-state index in [0.29, 0.717) is 12.0 Å². The highest BCUT2D eigenvalue weighted by Gasteiger charge is 2.51. The number of nitrogens with zero attached hydrogens (tertiary/aromatic N) is 1. The molecule has 4 saturated carbocycles. The Hall–Kier alpha value is -2.07. The summed E-state index contributed by atoms with van der Waals surface area (Å²) in [4.78, 5) is 12.7. The van der Waals surface area contributed by atoms with Crippen molar-refractivity contribution in [3.05, 3.63) is 64.8 Å². The maximum atomic E-state index is 12.7. The topological polar surface area (TPSA) is 34.0 Å². The van der Waals surface area contributed by atoms with Gasteiger partial charge in [0.15, 0.2) is 0 Å². The fraction of sp³-hybridized carbons (Fsp3) is 0.423. The van der Waals surface area contributed by atoms with Gasteiger partial charge >= 0.3 is 0 Å². The Morgan fingerprint density at radius 2 is 1.63 bits per heavy atom. The van der Waals surface area contributed by atoms with Gasteiger partial charge in [0.05, 0.1) is 0 Å². The van der Waals surface area contributed by atoms with Crippen LogP contribution in [0.3, 0.4) is 0 Å². The van der Waals surface area contributed by atoms with Gasteiger partial charge in [0.2, 0.25) is 5.91 Å². The van der Waals surface area contributed by atoms with Crippen molar-refractivity contribution < 1.29 is 4.79 Å². The maximum absolute atomic E-state index is 12.7. The highest BCUT2D eigenvalue weighted by atomic mass is 79.9. The Morgan fingerprint density at radius 3 is 2.30 bits per heavy atom. The Bertz CT molecular complexity index is 1080. The summed E-state index contributed by atoms with van der Waals surface area (Å²) in [5.74, 6) is 2.87. The molecule has 30 heavy (non-hydrogen) atoms. The average molecular weight is 463 g/mol. The predicted octanol–water partition coefficient (Wildman–Crippen LogP) is 6.51. The van der Waals surface area contributed by atoms with Gasteiger partial charge < -0.3 is 9.88 Å². The Balaban J connectivity index is 1.16.